The van der Waals surface area contributed by atoms with Gasteiger partial charge in [0.05, 0.1) is 5.69 Å². The predicted molar refractivity (Wildman–Crippen MR) is 173 cm³/mol. The molecule has 3 N–H and O–H groups in total. The molecule has 2 aliphatic rings. The number of carbonyl (C=O) groups is 3. The van der Waals surface area contributed by atoms with Crippen molar-refractivity contribution in [1.82, 2.24) is 14.9 Å². The van der Waals surface area contributed by atoms with E-state index in [2.05, 4.69) is 39.4 Å². The van der Waals surface area contributed by atoms with E-state index in [-0.39, 0.29) is 11.8 Å². The number of fused-ring (bicyclic) bond motifs is 1. The molecular weight excluding hydrogens is 552 g/mol. The molecule has 0 unspecified atom stereocenters. The summed E-state index contributed by atoms with van der Waals surface area (Å²) in [5.41, 5.74) is 6.38. The first kappa shape index (κ1) is 29.4. The summed E-state index contributed by atoms with van der Waals surface area (Å²) in [4.78, 5) is 42.8. The number of hydrogen-bond acceptors (Lipinski definition) is 4. The van der Waals surface area contributed by atoms with Crippen molar-refractivity contribution >= 4 is 40.4 Å². The van der Waals surface area contributed by atoms with E-state index in [9.17, 15) is 14.4 Å². The zero-order valence-corrected chi connectivity index (χ0v) is 25.2. The number of benzene rings is 2. The summed E-state index contributed by atoms with van der Waals surface area (Å²) >= 11 is 0. The minimum Gasteiger partial charge on any atom is -0.478 e. The molecular formula is C36H38N4O4. The van der Waals surface area contributed by atoms with Gasteiger partial charge in [-0.25, -0.2) is 4.79 Å². The van der Waals surface area contributed by atoms with E-state index in [4.69, 9.17) is 5.11 Å². The lowest BCUT2D eigenvalue weighted by molar-refractivity contribution is -0.131. The van der Waals surface area contributed by atoms with Crippen LogP contribution in [0.5, 0.6) is 0 Å². The van der Waals surface area contributed by atoms with Crippen LogP contribution in [0.25, 0.3) is 28.2 Å². The number of anilines is 1. The van der Waals surface area contributed by atoms with Gasteiger partial charge in [-0.3, -0.25) is 14.6 Å². The summed E-state index contributed by atoms with van der Waals surface area (Å²) in [5.74, 6) is -1.05. The van der Waals surface area contributed by atoms with Crippen LogP contribution in [0, 0.1) is 6.92 Å². The summed E-state index contributed by atoms with van der Waals surface area (Å²) < 4.78 is 2.19. The number of rotatable bonds is 8. The number of carbonyl (C=O) groups excluding carboxylic acids is 2. The second kappa shape index (κ2) is 12.1. The summed E-state index contributed by atoms with van der Waals surface area (Å²) in [6.07, 6.45) is 12.1. The molecule has 2 heterocycles. The van der Waals surface area contributed by atoms with Gasteiger partial charge in [0.2, 0.25) is 5.91 Å². The molecule has 0 saturated heterocycles. The third-order valence-corrected chi connectivity index (χ3v) is 9.28. The van der Waals surface area contributed by atoms with Gasteiger partial charge in [-0.1, -0.05) is 43.9 Å². The average Bonchev–Trinajstić information content (AvgIpc) is 3.78. The number of aliphatic carboxylic acids is 1. The first-order chi connectivity index (χ1) is 21.2. The molecule has 0 aliphatic heterocycles. The number of aryl methyl sites for hydroxylation is 2. The average molecular weight is 591 g/mol. The number of amides is 2. The van der Waals surface area contributed by atoms with Gasteiger partial charge in [0.25, 0.3) is 5.91 Å². The van der Waals surface area contributed by atoms with Crippen LogP contribution in [0.3, 0.4) is 0 Å². The van der Waals surface area contributed by atoms with Crippen LogP contribution in [-0.2, 0) is 16.6 Å². The maximum atomic E-state index is 13.8. The first-order valence-corrected chi connectivity index (χ1v) is 15.4. The molecule has 8 heteroatoms. The van der Waals surface area contributed by atoms with E-state index >= 15 is 0 Å². The molecule has 2 saturated carbocycles. The van der Waals surface area contributed by atoms with Crippen molar-refractivity contribution in [1.29, 1.82) is 0 Å². The van der Waals surface area contributed by atoms with Crippen molar-refractivity contribution in [3.8, 4) is 11.3 Å². The van der Waals surface area contributed by atoms with Crippen LogP contribution in [0.4, 0.5) is 5.69 Å². The second-order valence-electron chi connectivity index (χ2n) is 12.2. The van der Waals surface area contributed by atoms with Gasteiger partial charge >= 0.3 is 5.97 Å². The highest BCUT2D eigenvalue weighted by atomic mass is 16.4. The molecule has 0 spiro atoms. The standard InChI is InChI=1S/C36H38N4O4/c1-23-9-13-27(22-37-23)33-32(25-7-3-4-8-25)29-17-14-26(21-30(29)40(33)2)34(43)39-36(19-5-6-20-36)35(44)38-28-15-10-24(11-16-28)12-18-31(41)42/h9-18,21-22,25H,3-8,19-20H2,1-2H3,(H,38,44)(H,39,43)(H,41,42)/b18-12+. The zero-order chi connectivity index (χ0) is 30.8. The van der Waals surface area contributed by atoms with E-state index in [0.29, 0.717) is 35.6 Å². The van der Waals surface area contributed by atoms with Crippen molar-refractivity contribution in [2.24, 2.45) is 7.05 Å². The Morgan fingerprint density at radius 2 is 1.70 bits per heavy atom. The number of aromatic nitrogens is 2. The molecule has 2 aromatic heterocycles. The minimum atomic E-state index is -1.02. The normalized spacial score (nSPS) is 16.5. The highest BCUT2D eigenvalue weighted by Crippen LogP contribution is 2.44. The SMILES string of the molecule is Cc1ccc(-c2c(C3CCCC3)c3ccc(C(=O)NC4(C(=O)Nc5ccc(/C=C/C(=O)O)cc5)CCCC4)cc3n2C)cn1. The van der Waals surface area contributed by atoms with Crippen molar-refractivity contribution in [2.45, 2.75) is 69.7 Å². The van der Waals surface area contributed by atoms with Crippen LogP contribution in [0.1, 0.15) is 84.5 Å². The predicted octanol–water partition coefficient (Wildman–Crippen LogP) is 6.99. The van der Waals surface area contributed by atoms with Crippen molar-refractivity contribution < 1.29 is 19.5 Å². The van der Waals surface area contributed by atoms with Gasteiger partial charge < -0.3 is 20.3 Å². The van der Waals surface area contributed by atoms with Crippen LogP contribution in [0.15, 0.2) is 66.9 Å². The quantitative estimate of drug-likeness (QED) is 0.192. The van der Waals surface area contributed by atoms with Gasteiger partial charge in [0, 0.05) is 52.7 Å². The number of nitrogens with one attached hydrogen (secondary N) is 2. The van der Waals surface area contributed by atoms with E-state index in [0.717, 1.165) is 54.2 Å². The zero-order valence-electron chi connectivity index (χ0n) is 25.2. The van der Waals surface area contributed by atoms with Crippen LogP contribution < -0.4 is 10.6 Å². The van der Waals surface area contributed by atoms with Crippen molar-refractivity contribution in [3.05, 3.63) is 89.3 Å². The Kier molecular flexibility index (Phi) is 8.08. The fourth-order valence-electron chi connectivity index (χ4n) is 6.96. The lowest BCUT2D eigenvalue weighted by atomic mass is 9.92. The molecule has 226 valence electrons. The monoisotopic (exact) mass is 590 g/mol. The van der Waals surface area contributed by atoms with Gasteiger partial charge in [-0.15, -0.1) is 0 Å². The van der Waals surface area contributed by atoms with Gasteiger partial charge in [-0.05, 0) is 92.1 Å². The summed E-state index contributed by atoms with van der Waals surface area (Å²) in [7, 11) is 2.06. The van der Waals surface area contributed by atoms with Crippen molar-refractivity contribution in [3.63, 3.8) is 0 Å². The van der Waals surface area contributed by atoms with Gasteiger partial charge in [0.15, 0.2) is 0 Å². The summed E-state index contributed by atoms with van der Waals surface area (Å²) in [6.45, 7) is 1.99. The molecule has 0 atom stereocenters. The van der Waals surface area contributed by atoms with Gasteiger partial charge in [-0.2, -0.15) is 0 Å². The fraction of sp³-hybridized carbons (Fsp3) is 0.333. The molecule has 0 bridgehead atoms. The molecule has 2 amide bonds. The smallest absolute Gasteiger partial charge is 0.328 e. The Balaban J connectivity index is 1.28. The van der Waals surface area contributed by atoms with E-state index in [1.54, 1.807) is 24.3 Å². The Labute approximate surface area is 257 Å². The van der Waals surface area contributed by atoms with Crippen LogP contribution >= 0.6 is 0 Å². The first-order valence-electron chi connectivity index (χ1n) is 15.4. The second-order valence-corrected chi connectivity index (χ2v) is 12.2. The maximum absolute atomic E-state index is 13.8. The van der Waals surface area contributed by atoms with Gasteiger partial charge in [0.1, 0.15) is 5.54 Å². The maximum Gasteiger partial charge on any atom is 0.328 e. The number of nitrogens with zero attached hydrogens (tertiary/aromatic N) is 2. The highest BCUT2D eigenvalue weighted by molar-refractivity contribution is 6.06. The third kappa shape index (κ3) is 5.76. The lowest BCUT2D eigenvalue weighted by Crippen LogP contribution is -2.55. The third-order valence-electron chi connectivity index (χ3n) is 9.28. The highest BCUT2D eigenvalue weighted by Gasteiger charge is 2.42. The Morgan fingerprint density at radius 1 is 0.977 bits per heavy atom. The van der Waals surface area contributed by atoms with E-state index in [1.165, 1.54) is 29.9 Å². The van der Waals surface area contributed by atoms with E-state index in [1.807, 2.05) is 31.3 Å². The Bertz CT molecular complexity index is 1740. The van der Waals surface area contributed by atoms with Crippen LogP contribution in [-0.4, -0.2) is 38.0 Å². The molecule has 2 aliphatic carbocycles. The van der Waals surface area contributed by atoms with Crippen molar-refractivity contribution in [2.75, 3.05) is 5.32 Å². The molecule has 0 radical (unpaired) electrons. The molecule has 8 nitrogen and oxygen atoms in total. The largest absolute Gasteiger partial charge is 0.478 e. The molecule has 4 aromatic rings. The number of carboxylic acids is 1. The molecule has 2 fully saturated rings. The Morgan fingerprint density at radius 3 is 2.36 bits per heavy atom. The number of pyridine rings is 1. The fourth-order valence-corrected chi connectivity index (χ4v) is 6.96. The summed E-state index contributed by atoms with van der Waals surface area (Å²) in [6, 6.07) is 17.0. The van der Waals surface area contributed by atoms with E-state index < -0.39 is 11.5 Å². The number of hydrogen-bond donors (Lipinski definition) is 3. The number of carboxylic acid groups (broad SMARTS) is 1. The lowest BCUT2D eigenvalue weighted by Gasteiger charge is -2.29. The van der Waals surface area contributed by atoms with Crippen LogP contribution in [0.2, 0.25) is 0 Å². The topological polar surface area (TPSA) is 113 Å². The molecule has 44 heavy (non-hydrogen) atoms. The Hall–Kier alpha value is -4.72. The summed E-state index contributed by atoms with van der Waals surface area (Å²) in [5, 5.41) is 16.1. The minimum absolute atomic E-state index is 0.241. The molecule has 6 rings (SSSR count). The molecule has 2 aromatic carbocycles.